The number of carbonyl (C=O) groups is 1. The number of unbranched alkanes of at least 4 members (excludes halogenated alkanes) is 2. The topological polar surface area (TPSA) is 55.8 Å². The Balaban J connectivity index is 2.15. The molecule has 0 amide bonds. The number of hydrogen-bond donors (Lipinski definition) is 1. The molecule has 0 fully saturated rings. The van der Waals surface area contributed by atoms with E-state index in [0.717, 1.165) is 25.0 Å². The zero-order chi connectivity index (χ0) is 18.2. The molecule has 0 radical (unpaired) electrons. The van der Waals surface area contributed by atoms with Gasteiger partial charge in [-0.2, -0.15) is 0 Å². The van der Waals surface area contributed by atoms with E-state index in [1.807, 2.05) is 0 Å². The molecule has 0 aromatic heterocycles. The van der Waals surface area contributed by atoms with Crippen LogP contribution in [-0.2, 0) is 16.0 Å². The summed E-state index contributed by atoms with van der Waals surface area (Å²) in [5.74, 6) is 0.593. The smallest absolute Gasteiger partial charge is 0.303 e. The summed E-state index contributed by atoms with van der Waals surface area (Å²) >= 11 is 0. The average molecular weight is 348 g/mol. The predicted molar refractivity (Wildman–Crippen MR) is 99.4 cm³/mol. The van der Waals surface area contributed by atoms with Crippen LogP contribution in [0.2, 0.25) is 0 Å². The molecule has 2 unspecified atom stereocenters. The summed E-state index contributed by atoms with van der Waals surface area (Å²) in [6.07, 6.45) is 7.79. The molecular weight excluding hydrogens is 316 g/mol. The first-order valence-corrected chi connectivity index (χ1v) is 9.60. The van der Waals surface area contributed by atoms with Gasteiger partial charge in [0.25, 0.3) is 0 Å². The van der Waals surface area contributed by atoms with Crippen molar-refractivity contribution in [2.45, 2.75) is 77.2 Å². The molecule has 1 N–H and O–H groups in total. The molecule has 1 aromatic rings. The molecule has 4 nitrogen and oxygen atoms in total. The number of aliphatic carboxylic acids is 1. The largest absolute Gasteiger partial charge is 0.493 e. The second-order valence-electron chi connectivity index (χ2n) is 7.09. The van der Waals surface area contributed by atoms with Crippen LogP contribution in [0.1, 0.15) is 87.5 Å². The molecule has 4 heteroatoms. The van der Waals surface area contributed by atoms with E-state index in [0.29, 0.717) is 18.9 Å². The highest BCUT2D eigenvalue weighted by Gasteiger charge is 2.25. The van der Waals surface area contributed by atoms with Crippen molar-refractivity contribution in [1.82, 2.24) is 0 Å². The number of hydrogen-bond acceptors (Lipinski definition) is 3. The Bertz CT molecular complexity index is 567. The number of benzene rings is 1. The van der Waals surface area contributed by atoms with Crippen LogP contribution >= 0.6 is 0 Å². The Labute approximate surface area is 151 Å². The summed E-state index contributed by atoms with van der Waals surface area (Å²) in [7, 11) is 1.76. The Morgan fingerprint density at radius 1 is 1.32 bits per heavy atom. The molecule has 0 heterocycles. The van der Waals surface area contributed by atoms with Crippen molar-refractivity contribution in [2.75, 3.05) is 13.7 Å². The van der Waals surface area contributed by atoms with Crippen molar-refractivity contribution in [3.8, 4) is 5.75 Å². The quantitative estimate of drug-likeness (QED) is 0.555. The third-order valence-corrected chi connectivity index (χ3v) is 5.14. The maximum absolute atomic E-state index is 10.7. The summed E-state index contributed by atoms with van der Waals surface area (Å²) < 4.78 is 11.6. The standard InChI is InChI=1S/C21H32O4/c1-4-5-6-8-15(2)17-13-16-10-11-19(24-3)18(16)14-20(17)25-12-7-9-21(22)23/h13-15,19H,4-12H2,1-3H3,(H,22,23). The summed E-state index contributed by atoms with van der Waals surface area (Å²) in [5.41, 5.74) is 3.88. The zero-order valence-electron chi connectivity index (χ0n) is 15.8. The SMILES string of the molecule is CCCCCC(C)c1cc2c(cc1OCCCC(=O)O)C(OC)CC2. The van der Waals surface area contributed by atoms with Crippen LogP contribution < -0.4 is 4.74 Å². The predicted octanol–water partition coefficient (Wildman–Crippen LogP) is 5.25. The molecule has 1 aromatic carbocycles. The lowest BCUT2D eigenvalue weighted by Gasteiger charge is -2.20. The van der Waals surface area contributed by atoms with E-state index in [2.05, 4.69) is 26.0 Å². The van der Waals surface area contributed by atoms with E-state index < -0.39 is 5.97 Å². The molecule has 0 spiro atoms. The first-order valence-electron chi connectivity index (χ1n) is 9.60. The van der Waals surface area contributed by atoms with Crippen LogP contribution in [0.4, 0.5) is 0 Å². The summed E-state index contributed by atoms with van der Waals surface area (Å²) in [6.45, 7) is 4.93. The summed E-state index contributed by atoms with van der Waals surface area (Å²) in [5, 5.41) is 8.80. The third-order valence-electron chi connectivity index (χ3n) is 5.14. The van der Waals surface area contributed by atoms with E-state index in [4.69, 9.17) is 14.6 Å². The van der Waals surface area contributed by atoms with Crippen molar-refractivity contribution in [3.63, 3.8) is 0 Å². The monoisotopic (exact) mass is 348 g/mol. The minimum Gasteiger partial charge on any atom is -0.493 e. The van der Waals surface area contributed by atoms with Gasteiger partial charge in [-0.25, -0.2) is 0 Å². The van der Waals surface area contributed by atoms with Crippen molar-refractivity contribution < 1.29 is 19.4 Å². The van der Waals surface area contributed by atoms with Gasteiger partial charge in [-0.1, -0.05) is 39.2 Å². The molecule has 140 valence electrons. The molecule has 1 aliphatic rings. The van der Waals surface area contributed by atoms with E-state index in [1.54, 1.807) is 7.11 Å². The van der Waals surface area contributed by atoms with Gasteiger partial charge < -0.3 is 14.6 Å². The zero-order valence-corrected chi connectivity index (χ0v) is 15.8. The fourth-order valence-electron chi connectivity index (χ4n) is 3.63. The van der Waals surface area contributed by atoms with E-state index in [-0.39, 0.29) is 12.5 Å². The van der Waals surface area contributed by atoms with Gasteiger partial charge in [-0.05, 0) is 54.4 Å². The highest BCUT2D eigenvalue weighted by molar-refractivity contribution is 5.66. The normalized spacial score (nSPS) is 17.3. The summed E-state index contributed by atoms with van der Waals surface area (Å²) in [6, 6.07) is 4.44. The molecule has 1 aliphatic carbocycles. The maximum Gasteiger partial charge on any atom is 0.303 e. The average Bonchev–Trinajstić information content (AvgIpc) is 2.99. The van der Waals surface area contributed by atoms with Gasteiger partial charge in [-0.3, -0.25) is 4.79 Å². The lowest BCUT2D eigenvalue weighted by Crippen LogP contribution is -2.07. The molecule has 0 aliphatic heterocycles. The lowest BCUT2D eigenvalue weighted by molar-refractivity contribution is -0.137. The highest BCUT2D eigenvalue weighted by Crippen LogP contribution is 2.41. The molecule has 25 heavy (non-hydrogen) atoms. The number of carboxylic acids is 1. The Kier molecular flexibility index (Phi) is 7.76. The van der Waals surface area contributed by atoms with Gasteiger partial charge in [0, 0.05) is 13.5 Å². The minimum absolute atomic E-state index is 0.146. The molecule has 0 bridgehead atoms. The number of fused-ring (bicyclic) bond motifs is 1. The van der Waals surface area contributed by atoms with Crippen molar-refractivity contribution in [2.24, 2.45) is 0 Å². The van der Waals surface area contributed by atoms with Crippen LogP contribution in [0.3, 0.4) is 0 Å². The van der Waals surface area contributed by atoms with Crippen LogP contribution in [-0.4, -0.2) is 24.8 Å². The van der Waals surface area contributed by atoms with Crippen LogP contribution in [0.5, 0.6) is 5.75 Å². The second kappa shape index (κ2) is 9.81. The molecular formula is C21H32O4. The van der Waals surface area contributed by atoms with Crippen LogP contribution in [0, 0.1) is 0 Å². The van der Waals surface area contributed by atoms with Gasteiger partial charge in [0.05, 0.1) is 12.7 Å². The van der Waals surface area contributed by atoms with Gasteiger partial charge in [-0.15, -0.1) is 0 Å². The van der Waals surface area contributed by atoms with Gasteiger partial charge in [0.15, 0.2) is 0 Å². The van der Waals surface area contributed by atoms with E-state index >= 15 is 0 Å². The Hall–Kier alpha value is -1.55. The van der Waals surface area contributed by atoms with E-state index in [1.165, 1.54) is 36.0 Å². The minimum atomic E-state index is -0.773. The number of methoxy groups -OCH3 is 1. The molecule has 0 saturated heterocycles. The summed E-state index contributed by atoms with van der Waals surface area (Å²) in [4.78, 5) is 10.7. The van der Waals surface area contributed by atoms with E-state index in [9.17, 15) is 4.79 Å². The Morgan fingerprint density at radius 2 is 2.12 bits per heavy atom. The number of rotatable bonds is 11. The van der Waals surface area contributed by atoms with Gasteiger partial charge in [0.1, 0.15) is 5.75 Å². The maximum atomic E-state index is 10.7. The molecule has 0 saturated carbocycles. The number of ether oxygens (including phenoxy) is 2. The molecule has 2 rings (SSSR count). The Morgan fingerprint density at radius 3 is 2.80 bits per heavy atom. The number of carboxylic acid groups (broad SMARTS) is 1. The fourth-order valence-corrected chi connectivity index (χ4v) is 3.63. The van der Waals surface area contributed by atoms with Crippen molar-refractivity contribution >= 4 is 5.97 Å². The van der Waals surface area contributed by atoms with Gasteiger partial charge >= 0.3 is 5.97 Å². The first-order chi connectivity index (χ1) is 12.1. The highest BCUT2D eigenvalue weighted by atomic mass is 16.5. The van der Waals surface area contributed by atoms with Crippen LogP contribution in [0.25, 0.3) is 0 Å². The fraction of sp³-hybridized carbons (Fsp3) is 0.667. The van der Waals surface area contributed by atoms with Crippen LogP contribution in [0.15, 0.2) is 12.1 Å². The van der Waals surface area contributed by atoms with Gasteiger partial charge in [0.2, 0.25) is 0 Å². The van der Waals surface area contributed by atoms with Crippen molar-refractivity contribution in [3.05, 3.63) is 28.8 Å². The lowest BCUT2D eigenvalue weighted by atomic mass is 9.91. The second-order valence-corrected chi connectivity index (χ2v) is 7.09. The van der Waals surface area contributed by atoms with Crippen molar-refractivity contribution in [1.29, 1.82) is 0 Å². The molecule has 2 atom stereocenters. The number of aryl methyl sites for hydroxylation is 1. The first kappa shape index (κ1) is 19.8. The third kappa shape index (κ3) is 5.46.